The van der Waals surface area contributed by atoms with Gasteiger partial charge < -0.3 is 20.5 Å². The van der Waals surface area contributed by atoms with Crippen molar-refractivity contribution in [2.45, 2.75) is 11.7 Å². The summed E-state index contributed by atoms with van der Waals surface area (Å²) >= 11 is 1.17. The third kappa shape index (κ3) is 4.03. The standard InChI is InChI=1S/C16H14N4O5S/c21-13-4-1-9(5-14(13)22)7-17-15(23)8-26-16-18-11-3-2-10(20(24)25)6-12(11)19-16/h1-6,21-22H,7-8H2,(H,17,23)(H,18,19). The van der Waals surface area contributed by atoms with Crippen LogP contribution < -0.4 is 5.32 Å². The number of hydrogen-bond donors (Lipinski definition) is 4. The molecule has 0 unspecified atom stereocenters. The van der Waals surface area contributed by atoms with Crippen molar-refractivity contribution in [3.8, 4) is 11.5 Å². The first-order chi connectivity index (χ1) is 12.4. The van der Waals surface area contributed by atoms with E-state index in [9.17, 15) is 25.1 Å². The van der Waals surface area contributed by atoms with Gasteiger partial charge in [-0.1, -0.05) is 17.8 Å². The first-order valence-corrected chi connectivity index (χ1v) is 8.45. The van der Waals surface area contributed by atoms with Crippen LogP contribution in [-0.2, 0) is 11.3 Å². The molecule has 3 rings (SSSR count). The molecule has 0 fully saturated rings. The molecule has 0 bridgehead atoms. The van der Waals surface area contributed by atoms with Crippen molar-refractivity contribution in [3.63, 3.8) is 0 Å². The maximum absolute atomic E-state index is 11.9. The number of phenolic OH excluding ortho intramolecular Hbond substituents is 2. The molecule has 1 aromatic heterocycles. The summed E-state index contributed by atoms with van der Waals surface area (Å²) in [7, 11) is 0. The van der Waals surface area contributed by atoms with E-state index in [0.29, 0.717) is 21.8 Å². The van der Waals surface area contributed by atoms with E-state index in [1.165, 1.54) is 36.0 Å². The van der Waals surface area contributed by atoms with Gasteiger partial charge in [-0.2, -0.15) is 0 Å². The third-order valence-electron chi connectivity index (χ3n) is 3.52. The Morgan fingerprint density at radius 1 is 1.23 bits per heavy atom. The number of benzene rings is 2. The molecular formula is C16H14N4O5S. The zero-order valence-corrected chi connectivity index (χ0v) is 14.1. The molecule has 9 nitrogen and oxygen atoms in total. The molecule has 0 aliphatic heterocycles. The van der Waals surface area contributed by atoms with Crippen LogP contribution in [0.3, 0.4) is 0 Å². The topological polar surface area (TPSA) is 141 Å². The molecular weight excluding hydrogens is 360 g/mol. The number of phenols is 2. The summed E-state index contributed by atoms with van der Waals surface area (Å²) in [4.78, 5) is 29.4. The van der Waals surface area contributed by atoms with Gasteiger partial charge in [0.2, 0.25) is 5.91 Å². The van der Waals surface area contributed by atoms with Gasteiger partial charge in [-0.05, 0) is 23.8 Å². The Labute approximate surface area is 151 Å². The normalized spacial score (nSPS) is 10.8. The number of nitrogens with one attached hydrogen (secondary N) is 2. The third-order valence-corrected chi connectivity index (χ3v) is 4.40. The van der Waals surface area contributed by atoms with Gasteiger partial charge >= 0.3 is 0 Å². The average molecular weight is 374 g/mol. The highest BCUT2D eigenvalue weighted by molar-refractivity contribution is 7.99. The minimum Gasteiger partial charge on any atom is -0.504 e. The van der Waals surface area contributed by atoms with Crippen molar-refractivity contribution >= 4 is 34.4 Å². The fraction of sp³-hybridized carbons (Fsp3) is 0.125. The molecule has 2 aromatic carbocycles. The number of hydrogen-bond acceptors (Lipinski definition) is 7. The fourth-order valence-electron chi connectivity index (χ4n) is 2.22. The molecule has 0 spiro atoms. The fourth-order valence-corrected chi connectivity index (χ4v) is 2.94. The number of nitro groups is 1. The molecule has 0 aliphatic carbocycles. The molecule has 1 amide bonds. The molecule has 10 heteroatoms. The molecule has 3 aromatic rings. The lowest BCUT2D eigenvalue weighted by molar-refractivity contribution is -0.384. The monoisotopic (exact) mass is 374 g/mol. The second-order valence-electron chi connectivity index (χ2n) is 5.39. The van der Waals surface area contributed by atoms with Crippen LogP contribution in [0.15, 0.2) is 41.6 Å². The summed E-state index contributed by atoms with van der Waals surface area (Å²) < 4.78 is 0. The number of carbonyl (C=O) groups excluding carboxylic acids is 1. The van der Waals surface area contributed by atoms with Crippen LogP contribution in [-0.4, -0.2) is 36.8 Å². The highest BCUT2D eigenvalue weighted by atomic mass is 32.2. The highest BCUT2D eigenvalue weighted by Crippen LogP contribution is 2.25. The van der Waals surface area contributed by atoms with Crippen LogP contribution in [0.25, 0.3) is 11.0 Å². The molecule has 0 saturated carbocycles. The molecule has 0 radical (unpaired) electrons. The van der Waals surface area contributed by atoms with Crippen LogP contribution in [0.1, 0.15) is 5.56 Å². The molecule has 134 valence electrons. The van der Waals surface area contributed by atoms with Gasteiger partial charge in [0.1, 0.15) is 0 Å². The average Bonchev–Trinajstić information content (AvgIpc) is 3.03. The number of aromatic hydroxyl groups is 2. The zero-order valence-electron chi connectivity index (χ0n) is 13.3. The number of carbonyl (C=O) groups is 1. The van der Waals surface area contributed by atoms with E-state index < -0.39 is 4.92 Å². The molecule has 1 heterocycles. The zero-order chi connectivity index (χ0) is 18.7. The number of thioether (sulfide) groups is 1. The van der Waals surface area contributed by atoms with Gasteiger partial charge in [0, 0.05) is 18.7 Å². The minimum atomic E-state index is -0.484. The van der Waals surface area contributed by atoms with E-state index in [1.54, 1.807) is 12.1 Å². The number of aromatic nitrogens is 2. The Hall–Kier alpha value is -3.27. The Kier molecular flexibility index (Phi) is 4.94. The van der Waals surface area contributed by atoms with Gasteiger partial charge in [0.15, 0.2) is 16.7 Å². The molecule has 26 heavy (non-hydrogen) atoms. The van der Waals surface area contributed by atoms with E-state index in [-0.39, 0.29) is 35.4 Å². The van der Waals surface area contributed by atoms with E-state index in [0.717, 1.165) is 0 Å². The number of fused-ring (bicyclic) bond motifs is 1. The minimum absolute atomic E-state index is 0.0346. The predicted octanol–water partition coefficient (Wildman–Crippen LogP) is 2.29. The number of imidazole rings is 1. The van der Waals surface area contributed by atoms with Gasteiger partial charge in [-0.15, -0.1) is 0 Å². The smallest absolute Gasteiger partial charge is 0.271 e. The number of amides is 1. The SMILES string of the molecule is O=C(CSc1nc2ccc([N+](=O)[O-])cc2[nH]1)NCc1ccc(O)c(O)c1. The van der Waals surface area contributed by atoms with E-state index in [1.807, 2.05) is 0 Å². The Balaban J connectivity index is 1.56. The van der Waals surface area contributed by atoms with Crippen LogP contribution in [0.2, 0.25) is 0 Å². The molecule has 0 atom stereocenters. The maximum atomic E-state index is 11.9. The van der Waals surface area contributed by atoms with Crippen LogP contribution >= 0.6 is 11.8 Å². The summed E-state index contributed by atoms with van der Waals surface area (Å²) in [5.74, 6) is -0.608. The largest absolute Gasteiger partial charge is 0.504 e. The lowest BCUT2D eigenvalue weighted by atomic mass is 10.2. The Morgan fingerprint density at radius 2 is 2.04 bits per heavy atom. The predicted molar refractivity (Wildman–Crippen MR) is 95.1 cm³/mol. The van der Waals surface area contributed by atoms with Crippen molar-refractivity contribution in [1.29, 1.82) is 0 Å². The molecule has 4 N–H and O–H groups in total. The maximum Gasteiger partial charge on any atom is 0.271 e. The lowest BCUT2D eigenvalue weighted by Gasteiger charge is -2.05. The lowest BCUT2D eigenvalue weighted by Crippen LogP contribution is -2.24. The Morgan fingerprint density at radius 3 is 2.77 bits per heavy atom. The van der Waals surface area contributed by atoms with Crippen molar-refractivity contribution in [1.82, 2.24) is 15.3 Å². The van der Waals surface area contributed by atoms with Crippen LogP contribution in [0.4, 0.5) is 5.69 Å². The van der Waals surface area contributed by atoms with Gasteiger partial charge in [-0.3, -0.25) is 14.9 Å². The first kappa shape index (κ1) is 17.5. The highest BCUT2D eigenvalue weighted by Gasteiger charge is 2.11. The molecule has 0 aliphatic rings. The van der Waals surface area contributed by atoms with Gasteiger partial charge in [0.25, 0.3) is 5.69 Å². The van der Waals surface area contributed by atoms with E-state index in [2.05, 4.69) is 15.3 Å². The van der Waals surface area contributed by atoms with Crippen molar-refractivity contribution in [3.05, 3.63) is 52.1 Å². The molecule has 0 saturated heterocycles. The number of rotatable bonds is 6. The van der Waals surface area contributed by atoms with Crippen LogP contribution in [0, 0.1) is 10.1 Å². The van der Waals surface area contributed by atoms with Crippen LogP contribution in [0.5, 0.6) is 11.5 Å². The quantitative estimate of drug-likeness (QED) is 0.224. The van der Waals surface area contributed by atoms with Gasteiger partial charge in [-0.25, -0.2) is 4.98 Å². The summed E-state index contributed by atoms with van der Waals surface area (Å²) in [6, 6.07) is 8.62. The summed E-state index contributed by atoms with van der Waals surface area (Å²) in [5, 5.41) is 32.6. The van der Waals surface area contributed by atoms with Gasteiger partial charge in [0.05, 0.1) is 21.7 Å². The van der Waals surface area contributed by atoms with E-state index in [4.69, 9.17) is 0 Å². The van der Waals surface area contributed by atoms with Crippen molar-refractivity contribution in [2.24, 2.45) is 0 Å². The first-order valence-electron chi connectivity index (χ1n) is 7.47. The number of nitrogens with zero attached hydrogens (tertiary/aromatic N) is 2. The number of non-ortho nitro benzene ring substituents is 1. The summed E-state index contributed by atoms with van der Waals surface area (Å²) in [5.41, 5.74) is 1.72. The number of H-pyrrole nitrogens is 1. The number of nitro benzene ring substituents is 1. The summed E-state index contributed by atoms with van der Waals surface area (Å²) in [6.45, 7) is 0.208. The second kappa shape index (κ2) is 7.31. The summed E-state index contributed by atoms with van der Waals surface area (Å²) in [6.07, 6.45) is 0. The van der Waals surface area contributed by atoms with E-state index >= 15 is 0 Å². The second-order valence-corrected chi connectivity index (χ2v) is 6.35. The number of aromatic amines is 1. The van der Waals surface area contributed by atoms with Crippen molar-refractivity contribution in [2.75, 3.05) is 5.75 Å². The van der Waals surface area contributed by atoms with Crippen molar-refractivity contribution < 1.29 is 19.9 Å². The Bertz CT molecular complexity index is 988.